The van der Waals surface area contributed by atoms with Gasteiger partial charge in [0, 0.05) is 0 Å². The molecule has 1 nitrogen and oxygen atoms in total. The highest BCUT2D eigenvalue weighted by Crippen LogP contribution is 2.36. The molecule has 0 spiro atoms. The highest BCUT2D eigenvalue weighted by molar-refractivity contribution is 5.40. The third-order valence-electron chi connectivity index (χ3n) is 5.69. The second-order valence-corrected chi connectivity index (χ2v) is 7.73. The van der Waals surface area contributed by atoms with Gasteiger partial charge in [-0.2, -0.15) is 0 Å². The zero-order valence-corrected chi connectivity index (χ0v) is 16.1. The Hall–Kier alpha value is -0.980. The molecule has 0 aliphatic heterocycles. The number of aryl methyl sites for hydroxylation is 2. The lowest BCUT2D eigenvalue weighted by atomic mass is 9.76. The molecule has 0 amide bonds. The summed E-state index contributed by atoms with van der Waals surface area (Å²) in [6.07, 6.45) is 11.0. The molecule has 0 bridgehead atoms. The molecule has 2 atom stereocenters. The van der Waals surface area contributed by atoms with Crippen LogP contribution in [0, 0.1) is 11.3 Å². The lowest BCUT2D eigenvalue weighted by Gasteiger charge is -2.29. The molecule has 0 fully saturated rings. The van der Waals surface area contributed by atoms with E-state index in [2.05, 4.69) is 46.8 Å². The predicted molar refractivity (Wildman–Crippen MR) is 102 cm³/mol. The zero-order valence-electron chi connectivity index (χ0n) is 16.1. The van der Waals surface area contributed by atoms with Crippen molar-refractivity contribution in [1.82, 2.24) is 0 Å². The van der Waals surface area contributed by atoms with E-state index < -0.39 is 0 Å². The second kappa shape index (κ2) is 10.0. The Bertz CT molecular complexity index is 451. The van der Waals surface area contributed by atoms with Crippen molar-refractivity contribution < 1.29 is 5.11 Å². The standard InChI is InChI=1S/C22H38O/c1-6-11-18(4)12-10-16-22(5,8-3)17-15-20-14-9-13-19(7-2)21(20)23/h9,13-14,18,23H,6-8,10-12,15-17H2,1-5H3. The minimum atomic E-state index is 0.403. The van der Waals surface area contributed by atoms with E-state index in [1.165, 1.54) is 44.9 Å². The smallest absolute Gasteiger partial charge is 0.121 e. The molecular weight excluding hydrogens is 280 g/mol. The molecule has 0 aromatic heterocycles. The van der Waals surface area contributed by atoms with E-state index in [0.29, 0.717) is 11.2 Å². The summed E-state index contributed by atoms with van der Waals surface area (Å²) >= 11 is 0. The fourth-order valence-corrected chi connectivity index (χ4v) is 3.56. The Kier molecular flexibility index (Phi) is 8.73. The van der Waals surface area contributed by atoms with Gasteiger partial charge in [0.15, 0.2) is 0 Å². The quantitative estimate of drug-likeness (QED) is 0.470. The second-order valence-electron chi connectivity index (χ2n) is 7.73. The van der Waals surface area contributed by atoms with E-state index in [9.17, 15) is 5.11 Å². The average Bonchev–Trinajstić information content (AvgIpc) is 2.54. The monoisotopic (exact) mass is 318 g/mol. The van der Waals surface area contributed by atoms with Crippen LogP contribution in [0.5, 0.6) is 5.75 Å². The van der Waals surface area contributed by atoms with Crippen molar-refractivity contribution in [3.63, 3.8) is 0 Å². The van der Waals surface area contributed by atoms with E-state index in [4.69, 9.17) is 0 Å². The summed E-state index contributed by atoms with van der Waals surface area (Å²) in [6, 6.07) is 6.21. The van der Waals surface area contributed by atoms with Crippen LogP contribution in [0.2, 0.25) is 0 Å². The fraction of sp³-hybridized carbons (Fsp3) is 0.727. The first kappa shape index (κ1) is 20.1. The molecule has 0 aliphatic rings. The first-order valence-corrected chi connectivity index (χ1v) is 9.75. The molecule has 2 unspecified atom stereocenters. The fourth-order valence-electron chi connectivity index (χ4n) is 3.56. The number of phenols is 1. The highest BCUT2D eigenvalue weighted by atomic mass is 16.3. The van der Waals surface area contributed by atoms with Gasteiger partial charge in [-0.1, -0.05) is 84.9 Å². The maximum absolute atomic E-state index is 10.4. The Balaban J connectivity index is 2.55. The zero-order chi connectivity index (χ0) is 17.3. The van der Waals surface area contributed by atoms with Crippen molar-refractivity contribution in [1.29, 1.82) is 0 Å². The number of hydrogen-bond acceptors (Lipinski definition) is 1. The van der Waals surface area contributed by atoms with Gasteiger partial charge in [0.2, 0.25) is 0 Å². The summed E-state index contributed by atoms with van der Waals surface area (Å²) in [4.78, 5) is 0. The molecule has 0 saturated heterocycles. The van der Waals surface area contributed by atoms with Crippen molar-refractivity contribution >= 4 is 0 Å². The molecule has 1 rings (SSSR count). The lowest BCUT2D eigenvalue weighted by Crippen LogP contribution is -2.17. The third-order valence-corrected chi connectivity index (χ3v) is 5.69. The van der Waals surface area contributed by atoms with Crippen molar-refractivity contribution in [2.75, 3.05) is 0 Å². The Labute approximate surface area is 144 Å². The molecule has 0 aliphatic carbocycles. The van der Waals surface area contributed by atoms with Gasteiger partial charge in [-0.25, -0.2) is 0 Å². The van der Waals surface area contributed by atoms with Crippen LogP contribution >= 0.6 is 0 Å². The van der Waals surface area contributed by atoms with E-state index in [1.807, 2.05) is 6.07 Å². The molecule has 0 heterocycles. The number of benzene rings is 1. The summed E-state index contributed by atoms with van der Waals surface area (Å²) in [5, 5.41) is 10.4. The number of aromatic hydroxyl groups is 1. The van der Waals surface area contributed by atoms with E-state index in [1.54, 1.807) is 0 Å². The molecule has 1 aromatic rings. The first-order valence-electron chi connectivity index (χ1n) is 9.75. The summed E-state index contributed by atoms with van der Waals surface area (Å²) in [5.41, 5.74) is 2.61. The molecular formula is C22H38O. The summed E-state index contributed by atoms with van der Waals surface area (Å²) < 4.78 is 0. The largest absolute Gasteiger partial charge is 0.507 e. The van der Waals surface area contributed by atoms with Crippen LogP contribution < -0.4 is 0 Å². The van der Waals surface area contributed by atoms with Crippen molar-refractivity contribution in [3.05, 3.63) is 29.3 Å². The normalized spacial score (nSPS) is 15.3. The minimum Gasteiger partial charge on any atom is -0.507 e. The maximum Gasteiger partial charge on any atom is 0.121 e. The van der Waals surface area contributed by atoms with Crippen molar-refractivity contribution in [3.8, 4) is 5.75 Å². The first-order chi connectivity index (χ1) is 11.0. The summed E-state index contributed by atoms with van der Waals surface area (Å²) in [7, 11) is 0. The van der Waals surface area contributed by atoms with E-state index in [0.717, 1.165) is 29.9 Å². The van der Waals surface area contributed by atoms with Gasteiger partial charge in [0.25, 0.3) is 0 Å². The molecule has 0 saturated carbocycles. The Morgan fingerprint density at radius 2 is 1.74 bits per heavy atom. The van der Waals surface area contributed by atoms with Crippen molar-refractivity contribution in [2.24, 2.45) is 11.3 Å². The van der Waals surface area contributed by atoms with E-state index in [-0.39, 0.29) is 0 Å². The van der Waals surface area contributed by atoms with Crippen LogP contribution in [-0.4, -0.2) is 5.11 Å². The van der Waals surface area contributed by atoms with Crippen molar-refractivity contribution in [2.45, 2.75) is 92.4 Å². The van der Waals surface area contributed by atoms with Gasteiger partial charge in [-0.15, -0.1) is 0 Å². The van der Waals surface area contributed by atoms with Gasteiger partial charge in [-0.05, 0) is 48.1 Å². The average molecular weight is 319 g/mol. The molecule has 1 aromatic carbocycles. The molecule has 132 valence electrons. The molecule has 0 radical (unpaired) electrons. The number of hydrogen-bond donors (Lipinski definition) is 1. The number of rotatable bonds is 11. The molecule has 23 heavy (non-hydrogen) atoms. The summed E-state index contributed by atoms with van der Waals surface area (Å²) in [5.74, 6) is 1.40. The molecule has 1 heteroatoms. The van der Waals surface area contributed by atoms with Gasteiger partial charge >= 0.3 is 0 Å². The SMILES string of the molecule is CCCC(C)CCCC(C)(CC)CCc1cccc(CC)c1O. The third kappa shape index (κ3) is 6.57. The van der Waals surface area contributed by atoms with Gasteiger partial charge < -0.3 is 5.11 Å². The maximum atomic E-state index is 10.4. The number of para-hydroxylation sites is 1. The lowest BCUT2D eigenvalue weighted by molar-refractivity contribution is 0.243. The van der Waals surface area contributed by atoms with Gasteiger partial charge in [0.05, 0.1) is 0 Å². The van der Waals surface area contributed by atoms with Crippen LogP contribution in [0.4, 0.5) is 0 Å². The summed E-state index contributed by atoms with van der Waals surface area (Å²) in [6.45, 7) is 11.5. The Morgan fingerprint density at radius 1 is 1.04 bits per heavy atom. The van der Waals surface area contributed by atoms with Crippen LogP contribution in [-0.2, 0) is 12.8 Å². The number of phenolic OH excluding ortho intramolecular Hbond substituents is 1. The highest BCUT2D eigenvalue weighted by Gasteiger charge is 2.22. The minimum absolute atomic E-state index is 0.403. The van der Waals surface area contributed by atoms with Crippen LogP contribution in [0.3, 0.4) is 0 Å². The topological polar surface area (TPSA) is 20.2 Å². The van der Waals surface area contributed by atoms with Crippen LogP contribution in [0.25, 0.3) is 0 Å². The van der Waals surface area contributed by atoms with Crippen LogP contribution in [0.1, 0.15) is 90.7 Å². The predicted octanol–water partition coefficient (Wildman–Crippen LogP) is 6.91. The molecule has 1 N–H and O–H groups in total. The van der Waals surface area contributed by atoms with Crippen LogP contribution in [0.15, 0.2) is 18.2 Å². The Morgan fingerprint density at radius 3 is 2.35 bits per heavy atom. The van der Waals surface area contributed by atoms with Gasteiger partial charge in [-0.3, -0.25) is 0 Å². The van der Waals surface area contributed by atoms with E-state index >= 15 is 0 Å². The van der Waals surface area contributed by atoms with Gasteiger partial charge in [0.1, 0.15) is 5.75 Å².